The number of morpholine rings is 1. The van der Waals surface area contributed by atoms with Crippen molar-refractivity contribution in [3.05, 3.63) is 0 Å². The van der Waals surface area contributed by atoms with Crippen molar-refractivity contribution in [1.29, 1.82) is 0 Å². The van der Waals surface area contributed by atoms with E-state index in [1.54, 1.807) is 4.90 Å². The largest absolute Gasteiger partial charge is 0.370 e. The molecule has 16 heavy (non-hydrogen) atoms. The van der Waals surface area contributed by atoms with Gasteiger partial charge in [0.05, 0.1) is 26.3 Å². The van der Waals surface area contributed by atoms with E-state index in [1.165, 1.54) is 12.8 Å². The van der Waals surface area contributed by atoms with Crippen LogP contribution in [0.15, 0.2) is 0 Å². The van der Waals surface area contributed by atoms with Crippen LogP contribution in [0.4, 0.5) is 0 Å². The molecule has 4 heteroatoms. The van der Waals surface area contributed by atoms with Crippen molar-refractivity contribution in [3.8, 4) is 0 Å². The van der Waals surface area contributed by atoms with Crippen LogP contribution in [0.2, 0.25) is 0 Å². The summed E-state index contributed by atoms with van der Waals surface area (Å²) >= 11 is 0. The highest BCUT2D eigenvalue weighted by Gasteiger charge is 2.22. The maximum absolute atomic E-state index is 11.7. The summed E-state index contributed by atoms with van der Waals surface area (Å²) in [5.74, 6) is 0.588. The number of rotatable bonds is 4. The first kappa shape index (κ1) is 11.9. The van der Waals surface area contributed by atoms with Crippen molar-refractivity contribution >= 4 is 5.91 Å². The van der Waals surface area contributed by atoms with Gasteiger partial charge < -0.3 is 15.0 Å². The van der Waals surface area contributed by atoms with Crippen LogP contribution >= 0.6 is 0 Å². The fraction of sp³-hybridized carbons (Fsp3) is 0.917. The van der Waals surface area contributed by atoms with E-state index in [4.69, 9.17) is 4.74 Å². The molecule has 0 spiro atoms. The molecule has 1 aliphatic carbocycles. The van der Waals surface area contributed by atoms with Gasteiger partial charge in [0.25, 0.3) is 0 Å². The van der Waals surface area contributed by atoms with Gasteiger partial charge in [0.2, 0.25) is 5.91 Å². The van der Waals surface area contributed by atoms with Gasteiger partial charge >= 0.3 is 0 Å². The number of carbonyl (C=O) groups is 1. The zero-order valence-corrected chi connectivity index (χ0v) is 9.96. The van der Waals surface area contributed by atoms with Crippen LogP contribution < -0.4 is 10.2 Å². The van der Waals surface area contributed by atoms with Gasteiger partial charge in [-0.1, -0.05) is 12.8 Å². The predicted octanol–water partition coefficient (Wildman–Crippen LogP) is -0.792. The van der Waals surface area contributed by atoms with Crippen LogP contribution in [-0.4, -0.2) is 45.3 Å². The molecule has 1 saturated heterocycles. The van der Waals surface area contributed by atoms with Crippen LogP contribution in [0.3, 0.4) is 0 Å². The molecule has 1 saturated carbocycles. The lowest BCUT2D eigenvalue weighted by Crippen LogP contribution is -3.14. The van der Waals surface area contributed by atoms with Gasteiger partial charge in [-0.15, -0.1) is 0 Å². The van der Waals surface area contributed by atoms with Crippen LogP contribution in [0.5, 0.6) is 0 Å². The van der Waals surface area contributed by atoms with E-state index < -0.39 is 0 Å². The Kier molecular flexibility index (Phi) is 4.60. The summed E-state index contributed by atoms with van der Waals surface area (Å²) in [6, 6.07) is 0. The van der Waals surface area contributed by atoms with Gasteiger partial charge in [0.1, 0.15) is 13.1 Å². The molecule has 2 N–H and O–H groups in total. The van der Waals surface area contributed by atoms with Crippen molar-refractivity contribution < 1.29 is 14.4 Å². The molecule has 2 aliphatic rings. The molecule has 0 atom stereocenters. The number of quaternary nitrogens is 1. The number of nitrogens with one attached hydrogen (secondary N) is 2. The summed E-state index contributed by atoms with van der Waals surface area (Å²) in [6.07, 6.45) is 4.64. The number of carbonyl (C=O) groups excluding carboxylic acids is 1. The topological polar surface area (TPSA) is 42.8 Å². The monoisotopic (exact) mass is 227 g/mol. The minimum absolute atomic E-state index is 0.283. The van der Waals surface area contributed by atoms with E-state index >= 15 is 0 Å². The van der Waals surface area contributed by atoms with Gasteiger partial charge in [-0.3, -0.25) is 4.79 Å². The van der Waals surface area contributed by atoms with Gasteiger partial charge in [-0.05, 0) is 12.8 Å². The van der Waals surface area contributed by atoms with E-state index in [0.717, 1.165) is 52.2 Å². The Labute approximate surface area is 97.3 Å². The molecule has 0 unspecified atom stereocenters. The second-order valence-corrected chi connectivity index (χ2v) is 4.88. The molecule has 0 aromatic heterocycles. The zero-order chi connectivity index (χ0) is 11.2. The Morgan fingerprint density at radius 3 is 2.62 bits per heavy atom. The smallest absolute Gasteiger partial charge is 0.223 e. The standard InChI is InChI=1S/C12H22N2O2/c15-12(11-3-1-2-4-11)13-5-6-14-7-9-16-10-8-14/h11H,1-10H2,(H,13,15)/p+1. The average molecular weight is 227 g/mol. The van der Waals surface area contributed by atoms with Crippen molar-refractivity contribution in [2.45, 2.75) is 25.7 Å². The molecule has 0 radical (unpaired) electrons. The molecule has 0 aromatic rings. The van der Waals surface area contributed by atoms with Crippen LogP contribution in [0, 0.1) is 5.92 Å². The number of hydrogen-bond donors (Lipinski definition) is 2. The Morgan fingerprint density at radius 2 is 1.94 bits per heavy atom. The summed E-state index contributed by atoms with van der Waals surface area (Å²) in [5.41, 5.74) is 0. The molecule has 4 nitrogen and oxygen atoms in total. The first-order valence-corrected chi connectivity index (χ1v) is 6.55. The van der Waals surface area contributed by atoms with Crippen LogP contribution in [0.25, 0.3) is 0 Å². The van der Waals surface area contributed by atoms with E-state index in [2.05, 4.69) is 5.32 Å². The molecule has 2 rings (SSSR count). The molecule has 1 heterocycles. The summed E-state index contributed by atoms with van der Waals surface area (Å²) < 4.78 is 5.30. The molecule has 1 amide bonds. The minimum atomic E-state index is 0.283. The van der Waals surface area contributed by atoms with Crippen LogP contribution in [-0.2, 0) is 9.53 Å². The van der Waals surface area contributed by atoms with E-state index in [0.29, 0.717) is 5.92 Å². The highest BCUT2D eigenvalue weighted by Crippen LogP contribution is 2.24. The normalized spacial score (nSPS) is 23.5. The van der Waals surface area contributed by atoms with Crippen molar-refractivity contribution in [2.24, 2.45) is 5.92 Å². The lowest BCUT2D eigenvalue weighted by atomic mass is 10.1. The second-order valence-electron chi connectivity index (χ2n) is 4.88. The molecule has 2 fully saturated rings. The third-order valence-corrected chi connectivity index (χ3v) is 3.70. The summed E-state index contributed by atoms with van der Waals surface area (Å²) in [4.78, 5) is 13.3. The summed E-state index contributed by atoms with van der Waals surface area (Å²) in [7, 11) is 0. The minimum Gasteiger partial charge on any atom is -0.370 e. The van der Waals surface area contributed by atoms with Gasteiger partial charge in [0.15, 0.2) is 0 Å². The van der Waals surface area contributed by atoms with E-state index in [1.807, 2.05) is 0 Å². The highest BCUT2D eigenvalue weighted by molar-refractivity contribution is 5.78. The van der Waals surface area contributed by atoms with E-state index in [-0.39, 0.29) is 5.91 Å². The summed E-state index contributed by atoms with van der Waals surface area (Å²) in [6.45, 7) is 5.77. The zero-order valence-electron chi connectivity index (χ0n) is 9.96. The van der Waals surface area contributed by atoms with Crippen LogP contribution in [0.1, 0.15) is 25.7 Å². The quantitative estimate of drug-likeness (QED) is 0.661. The average Bonchev–Trinajstić information content (AvgIpc) is 2.84. The fourth-order valence-electron chi connectivity index (χ4n) is 2.60. The molecular formula is C12H23N2O2+. The Morgan fingerprint density at radius 1 is 1.25 bits per heavy atom. The SMILES string of the molecule is O=C(NCC[NH+]1CCOCC1)C1CCCC1. The number of ether oxygens (including phenoxy) is 1. The molecule has 1 aliphatic heterocycles. The third kappa shape index (κ3) is 3.46. The molecule has 0 aromatic carbocycles. The lowest BCUT2D eigenvalue weighted by molar-refractivity contribution is -0.906. The summed E-state index contributed by atoms with van der Waals surface area (Å²) in [5, 5.41) is 3.07. The number of hydrogen-bond acceptors (Lipinski definition) is 2. The Hall–Kier alpha value is -0.610. The van der Waals surface area contributed by atoms with Crippen molar-refractivity contribution in [2.75, 3.05) is 39.4 Å². The number of amides is 1. The Bertz CT molecular complexity index is 221. The predicted molar refractivity (Wildman–Crippen MR) is 61.4 cm³/mol. The fourth-order valence-corrected chi connectivity index (χ4v) is 2.60. The molecule has 92 valence electrons. The Balaban J connectivity index is 1.57. The van der Waals surface area contributed by atoms with Crippen molar-refractivity contribution in [1.82, 2.24) is 5.32 Å². The second kappa shape index (κ2) is 6.21. The van der Waals surface area contributed by atoms with E-state index in [9.17, 15) is 4.79 Å². The first-order chi connectivity index (χ1) is 7.86. The molecule has 0 bridgehead atoms. The third-order valence-electron chi connectivity index (χ3n) is 3.70. The molecular weight excluding hydrogens is 204 g/mol. The maximum Gasteiger partial charge on any atom is 0.223 e. The van der Waals surface area contributed by atoms with Gasteiger partial charge in [0, 0.05) is 5.92 Å². The van der Waals surface area contributed by atoms with Crippen molar-refractivity contribution in [3.63, 3.8) is 0 Å². The maximum atomic E-state index is 11.7. The lowest BCUT2D eigenvalue weighted by Gasteiger charge is -2.23. The first-order valence-electron chi connectivity index (χ1n) is 6.55. The highest BCUT2D eigenvalue weighted by atomic mass is 16.5. The van der Waals surface area contributed by atoms with Gasteiger partial charge in [-0.2, -0.15) is 0 Å². The van der Waals surface area contributed by atoms with Gasteiger partial charge in [-0.25, -0.2) is 0 Å².